The molecule has 11 heteroatoms. The Morgan fingerprint density at radius 1 is 0.854 bits per heavy atom. The van der Waals surface area contributed by atoms with Gasteiger partial charge in [-0.05, 0) is 29.8 Å². The average Bonchev–Trinajstić information content (AvgIpc) is 3.01. The summed E-state index contributed by atoms with van der Waals surface area (Å²) < 4.78 is 6.63. The molecule has 41 heavy (non-hydrogen) atoms. The average molecular weight is 634 g/mol. The van der Waals surface area contributed by atoms with Crippen LogP contribution in [0.25, 0.3) is 22.4 Å². The van der Waals surface area contributed by atoms with Crippen LogP contribution in [0.1, 0.15) is 5.56 Å². The van der Waals surface area contributed by atoms with Crippen LogP contribution in [0.15, 0.2) is 105 Å². The summed E-state index contributed by atoms with van der Waals surface area (Å²) in [7, 11) is 0. The molecule has 4 N–H and O–H groups in total. The minimum atomic E-state index is -1.56. The zero-order chi connectivity index (χ0) is 28.9. The van der Waals surface area contributed by atoms with Gasteiger partial charge in [-0.1, -0.05) is 88.4 Å². The summed E-state index contributed by atoms with van der Waals surface area (Å²) in [4.78, 5) is 4.83. The lowest BCUT2D eigenvalue weighted by Gasteiger charge is -2.39. The molecule has 1 aliphatic rings. The van der Waals surface area contributed by atoms with E-state index < -0.39 is 36.5 Å². The molecule has 5 atom stereocenters. The third-order valence-corrected chi connectivity index (χ3v) is 8.20. The molecule has 4 aromatic rings. The number of rotatable bonds is 7. The van der Waals surface area contributed by atoms with Crippen LogP contribution in [0, 0.1) is 11.3 Å². The minimum absolute atomic E-state index is 0.169. The second-order valence-electron chi connectivity index (χ2n) is 9.20. The summed E-state index contributed by atoms with van der Waals surface area (Å²) in [6.07, 6.45) is -5.68. The number of nitrogens with zero attached hydrogens (tertiary/aromatic N) is 4. The van der Waals surface area contributed by atoms with Gasteiger partial charge in [0.2, 0.25) is 0 Å². The van der Waals surface area contributed by atoms with Crippen LogP contribution in [-0.4, -0.2) is 61.9 Å². The summed E-state index contributed by atoms with van der Waals surface area (Å²) >= 11 is 4.35. The number of azo groups is 1. The maximum atomic E-state index is 10.7. The molecule has 208 valence electrons. The number of hydrogen-bond acceptors (Lipinski definition) is 10. The van der Waals surface area contributed by atoms with Gasteiger partial charge in [-0.25, -0.2) is 4.98 Å². The minimum Gasteiger partial charge on any atom is -0.394 e. The molecule has 0 aliphatic carbocycles. The van der Waals surface area contributed by atoms with Crippen molar-refractivity contribution in [2.45, 2.75) is 34.9 Å². The highest BCUT2D eigenvalue weighted by Gasteiger charge is 2.44. The molecule has 0 saturated carbocycles. The van der Waals surface area contributed by atoms with Crippen molar-refractivity contribution in [3.63, 3.8) is 0 Å². The number of halogens is 1. The van der Waals surface area contributed by atoms with Crippen LogP contribution >= 0.6 is 27.7 Å². The highest BCUT2D eigenvalue weighted by atomic mass is 79.9. The standard InChI is InChI=1S/C30H25BrN4O5S/c31-19-11-13-20(14-12-19)34-35-25-23(17-7-3-1-4-8-17)21(15-32)29(33-24(25)18-9-5-2-6-10-18)41-30-28(39)27(38)26(37)22(16-36)40-30/h1-14,22,26-28,30,36-39H,16H2/t22-,26+,27+,28-,30+/m1/s1. The number of aliphatic hydroxyl groups is 4. The van der Waals surface area contributed by atoms with Crippen molar-refractivity contribution in [2.75, 3.05) is 6.61 Å². The molecule has 0 unspecified atom stereocenters. The first-order valence-corrected chi connectivity index (χ1v) is 14.3. The van der Waals surface area contributed by atoms with Gasteiger partial charge in [0.15, 0.2) is 0 Å². The molecule has 1 fully saturated rings. The smallest absolute Gasteiger partial charge is 0.138 e. The Morgan fingerprint density at radius 2 is 1.49 bits per heavy atom. The predicted molar refractivity (Wildman–Crippen MR) is 158 cm³/mol. The fraction of sp³-hybridized carbons (Fsp3) is 0.200. The lowest BCUT2D eigenvalue weighted by Crippen LogP contribution is -2.57. The Bertz CT molecular complexity index is 1570. The first-order chi connectivity index (χ1) is 19.9. The normalized spacial score (nSPS) is 22.5. The topological polar surface area (TPSA) is 152 Å². The van der Waals surface area contributed by atoms with Gasteiger partial charge in [-0.3, -0.25) is 0 Å². The fourth-order valence-corrected chi connectivity index (χ4v) is 5.81. The largest absolute Gasteiger partial charge is 0.394 e. The Hall–Kier alpha value is -3.47. The maximum Gasteiger partial charge on any atom is 0.138 e. The van der Waals surface area contributed by atoms with Crippen LogP contribution < -0.4 is 0 Å². The van der Waals surface area contributed by atoms with Gasteiger partial charge in [0, 0.05) is 15.6 Å². The van der Waals surface area contributed by atoms with Crippen molar-refractivity contribution in [3.8, 4) is 28.5 Å². The fourth-order valence-electron chi connectivity index (χ4n) is 4.41. The third-order valence-electron chi connectivity index (χ3n) is 6.53. The number of pyridine rings is 1. The maximum absolute atomic E-state index is 10.7. The SMILES string of the molecule is N#Cc1c(S[C@@H]2O[C@H](CO)[C@H](O)[C@H](O)[C@H]2O)nc(-c2ccccc2)c(N=Nc2ccc(Br)cc2)c1-c1ccccc1. The van der Waals surface area contributed by atoms with E-state index in [-0.39, 0.29) is 10.6 Å². The zero-order valence-corrected chi connectivity index (χ0v) is 23.9. The first-order valence-electron chi connectivity index (χ1n) is 12.6. The molecule has 1 aromatic heterocycles. The summed E-state index contributed by atoms with van der Waals surface area (Å²) in [5.74, 6) is 0. The monoisotopic (exact) mass is 632 g/mol. The zero-order valence-electron chi connectivity index (χ0n) is 21.4. The van der Waals surface area contributed by atoms with Crippen LogP contribution in [0.3, 0.4) is 0 Å². The number of benzene rings is 3. The Kier molecular flexibility index (Phi) is 9.22. The highest BCUT2D eigenvalue weighted by Crippen LogP contribution is 2.46. The summed E-state index contributed by atoms with van der Waals surface area (Å²) in [6.45, 7) is -0.569. The van der Waals surface area contributed by atoms with Gasteiger partial charge in [0.05, 0.1) is 23.6 Å². The molecule has 5 rings (SSSR count). The van der Waals surface area contributed by atoms with Gasteiger partial charge in [-0.2, -0.15) is 10.4 Å². The van der Waals surface area contributed by atoms with E-state index in [2.05, 4.69) is 32.2 Å². The lowest BCUT2D eigenvalue weighted by atomic mass is 9.96. The van der Waals surface area contributed by atoms with Gasteiger partial charge >= 0.3 is 0 Å². The number of nitriles is 1. The van der Waals surface area contributed by atoms with Crippen LogP contribution in [-0.2, 0) is 4.74 Å². The Morgan fingerprint density at radius 3 is 2.10 bits per heavy atom. The number of aliphatic hydroxyl groups excluding tert-OH is 4. The van der Waals surface area contributed by atoms with Crippen LogP contribution in [0.5, 0.6) is 0 Å². The molecular formula is C30H25BrN4O5S. The second-order valence-corrected chi connectivity index (χ2v) is 11.2. The summed E-state index contributed by atoms with van der Waals surface area (Å²) in [5.41, 5.74) is 2.35. The Labute approximate surface area is 248 Å². The van der Waals surface area contributed by atoms with Crippen molar-refractivity contribution in [3.05, 3.63) is 95.0 Å². The van der Waals surface area contributed by atoms with Crippen molar-refractivity contribution in [1.29, 1.82) is 5.26 Å². The second kappa shape index (κ2) is 13.0. The number of thioether (sulfide) groups is 1. The first kappa shape index (κ1) is 29.0. The van der Waals surface area contributed by atoms with Gasteiger partial charge in [-0.15, -0.1) is 5.11 Å². The lowest BCUT2D eigenvalue weighted by molar-refractivity contribution is -0.205. The van der Waals surface area contributed by atoms with E-state index >= 15 is 0 Å². The van der Waals surface area contributed by atoms with E-state index in [0.717, 1.165) is 21.8 Å². The highest BCUT2D eigenvalue weighted by molar-refractivity contribution is 9.10. The summed E-state index contributed by atoms with van der Waals surface area (Å²) in [6, 6.07) is 28.1. The molecule has 0 amide bonds. The van der Waals surface area contributed by atoms with Crippen molar-refractivity contribution >= 4 is 39.1 Å². The molecule has 1 saturated heterocycles. The molecule has 3 aromatic carbocycles. The molecule has 9 nitrogen and oxygen atoms in total. The van der Waals surface area contributed by atoms with E-state index in [4.69, 9.17) is 9.72 Å². The Balaban J connectivity index is 1.72. The van der Waals surface area contributed by atoms with Gasteiger partial charge in [0.25, 0.3) is 0 Å². The van der Waals surface area contributed by atoms with Gasteiger partial charge in [0.1, 0.15) is 46.6 Å². The van der Waals surface area contributed by atoms with Crippen LogP contribution in [0.4, 0.5) is 11.4 Å². The molecule has 2 heterocycles. The molecule has 0 spiro atoms. The predicted octanol–water partition coefficient (Wildman–Crippen LogP) is 5.36. The van der Waals surface area contributed by atoms with E-state index in [0.29, 0.717) is 28.2 Å². The van der Waals surface area contributed by atoms with E-state index in [1.807, 2.05) is 72.8 Å². The molecule has 0 bridgehead atoms. The molecule has 1 aliphatic heterocycles. The van der Waals surface area contributed by atoms with Crippen molar-refractivity contribution in [2.24, 2.45) is 10.2 Å². The van der Waals surface area contributed by atoms with E-state index in [1.165, 1.54) is 0 Å². The third kappa shape index (κ3) is 6.24. The number of hydrogen-bond donors (Lipinski definition) is 4. The number of aromatic nitrogens is 1. The molecule has 0 radical (unpaired) electrons. The summed E-state index contributed by atoms with van der Waals surface area (Å²) in [5, 5.41) is 60.7. The van der Waals surface area contributed by atoms with Crippen molar-refractivity contribution < 1.29 is 25.2 Å². The number of ether oxygens (including phenoxy) is 1. The van der Waals surface area contributed by atoms with E-state index in [1.54, 1.807) is 12.1 Å². The van der Waals surface area contributed by atoms with Gasteiger partial charge < -0.3 is 25.2 Å². The van der Waals surface area contributed by atoms with Crippen LogP contribution in [0.2, 0.25) is 0 Å². The van der Waals surface area contributed by atoms with E-state index in [9.17, 15) is 25.7 Å². The molecular weight excluding hydrogens is 608 g/mol. The quantitative estimate of drug-likeness (QED) is 0.199. The van der Waals surface area contributed by atoms with Crippen molar-refractivity contribution in [1.82, 2.24) is 4.98 Å².